The zero-order valence-electron chi connectivity index (χ0n) is 8.01. The third-order valence-electron chi connectivity index (χ3n) is 1.50. The highest BCUT2D eigenvalue weighted by atomic mass is 35.5. The van der Waals surface area contributed by atoms with Crippen LogP contribution in [0.4, 0.5) is 5.69 Å². The van der Waals surface area contributed by atoms with E-state index in [4.69, 9.17) is 16.2 Å². The Morgan fingerprint density at radius 1 is 1.20 bits per heavy atom. The second kappa shape index (κ2) is 8.35. The van der Waals surface area contributed by atoms with Gasteiger partial charge in [0.05, 0.1) is 5.56 Å². The monoisotopic (exact) mass is 252 g/mol. The molecule has 0 fully saturated rings. The van der Waals surface area contributed by atoms with Crippen molar-refractivity contribution in [2.24, 2.45) is 5.73 Å². The summed E-state index contributed by atoms with van der Waals surface area (Å²) in [7, 11) is 0. The zero-order chi connectivity index (χ0) is 9.68. The maximum absolute atomic E-state index is 11.2. The number of esters is 1. The molecular formula is C9H14Cl2N2O2. The van der Waals surface area contributed by atoms with Crippen LogP contribution in [0.3, 0.4) is 0 Å². The first-order chi connectivity index (χ1) is 6.24. The molecule has 0 spiro atoms. The van der Waals surface area contributed by atoms with E-state index in [-0.39, 0.29) is 37.4 Å². The first-order valence-electron chi connectivity index (χ1n) is 3.97. The fraction of sp³-hybridized carbons (Fsp3) is 0.222. The topological polar surface area (TPSA) is 78.3 Å². The minimum absolute atomic E-state index is 0. The summed E-state index contributed by atoms with van der Waals surface area (Å²) >= 11 is 0. The van der Waals surface area contributed by atoms with E-state index in [0.29, 0.717) is 17.8 Å². The number of halogens is 2. The quantitative estimate of drug-likeness (QED) is 0.627. The highest BCUT2D eigenvalue weighted by Crippen LogP contribution is 2.06. The normalized spacial score (nSPS) is 8.33. The third-order valence-corrected chi connectivity index (χ3v) is 1.50. The van der Waals surface area contributed by atoms with Gasteiger partial charge in [0.15, 0.2) is 0 Å². The first-order valence-corrected chi connectivity index (χ1v) is 3.97. The van der Waals surface area contributed by atoms with Crippen molar-refractivity contribution < 1.29 is 9.53 Å². The lowest BCUT2D eigenvalue weighted by Gasteiger charge is -2.02. The average Bonchev–Trinajstić information content (AvgIpc) is 2.15. The summed E-state index contributed by atoms with van der Waals surface area (Å²) < 4.78 is 4.81. The maximum Gasteiger partial charge on any atom is 0.338 e. The molecule has 0 saturated heterocycles. The molecule has 0 atom stereocenters. The summed E-state index contributed by atoms with van der Waals surface area (Å²) in [5.74, 6) is -0.370. The van der Waals surface area contributed by atoms with Crippen LogP contribution in [0.25, 0.3) is 0 Å². The van der Waals surface area contributed by atoms with Crippen molar-refractivity contribution in [3.63, 3.8) is 0 Å². The molecule has 86 valence electrons. The second-order valence-electron chi connectivity index (χ2n) is 2.55. The molecular weight excluding hydrogens is 239 g/mol. The molecule has 0 bridgehead atoms. The zero-order valence-corrected chi connectivity index (χ0v) is 9.64. The van der Waals surface area contributed by atoms with Crippen molar-refractivity contribution in [3.8, 4) is 0 Å². The largest absolute Gasteiger partial charge is 0.461 e. The molecule has 0 unspecified atom stereocenters. The minimum atomic E-state index is -0.370. The van der Waals surface area contributed by atoms with Crippen LogP contribution in [0, 0.1) is 0 Å². The number of carbonyl (C=O) groups excluding carboxylic acids is 1. The van der Waals surface area contributed by atoms with Gasteiger partial charge in [-0.25, -0.2) is 4.79 Å². The molecule has 6 heteroatoms. The van der Waals surface area contributed by atoms with Crippen molar-refractivity contribution in [1.29, 1.82) is 0 Å². The molecule has 4 nitrogen and oxygen atoms in total. The van der Waals surface area contributed by atoms with Gasteiger partial charge in [-0.05, 0) is 24.3 Å². The Morgan fingerprint density at radius 2 is 1.73 bits per heavy atom. The molecule has 1 rings (SSSR count). The molecule has 0 aliphatic heterocycles. The summed E-state index contributed by atoms with van der Waals surface area (Å²) in [6.45, 7) is 0.573. The van der Waals surface area contributed by atoms with E-state index in [9.17, 15) is 4.79 Å². The molecule has 0 heterocycles. The smallest absolute Gasteiger partial charge is 0.338 e. The molecule has 0 saturated carbocycles. The second-order valence-corrected chi connectivity index (χ2v) is 2.55. The fourth-order valence-electron chi connectivity index (χ4n) is 0.854. The van der Waals surface area contributed by atoms with Crippen LogP contribution in [0.2, 0.25) is 0 Å². The standard InChI is InChI=1S/C9H12N2O2.2ClH/c10-5-6-13-9(12)7-1-3-8(11)4-2-7;;/h1-4H,5-6,10-11H2;2*1H. The van der Waals surface area contributed by atoms with Gasteiger partial charge >= 0.3 is 5.97 Å². The Labute approximate surface area is 101 Å². The van der Waals surface area contributed by atoms with Gasteiger partial charge in [0.2, 0.25) is 0 Å². The van der Waals surface area contributed by atoms with Crippen LogP contribution in [0.1, 0.15) is 10.4 Å². The first kappa shape index (κ1) is 16.5. The van der Waals surface area contributed by atoms with E-state index in [1.54, 1.807) is 24.3 Å². The molecule has 0 aliphatic carbocycles. The Hall–Kier alpha value is -0.970. The lowest BCUT2D eigenvalue weighted by molar-refractivity contribution is 0.0517. The molecule has 0 radical (unpaired) electrons. The highest BCUT2D eigenvalue weighted by molar-refractivity contribution is 5.89. The van der Waals surface area contributed by atoms with E-state index < -0.39 is 0 Å². The lowest BCUT2D eigenvalue weighted by Crippen LogP contribution is -2.13. The molecule has 0 aromatic heterocycles. The van der Waals surface area contributed by atoms with Crippen LogP contribution in [-0.4, -0.2) is 19.1 Å². The van der Waals surface area contributed by atoms with E-state index in [0.717, 1.165) is 0 Å². The number of nitrogens with two attached hydrogens (primary N) is 2. The summed E-state index contributed by atoms with van der Waals surface area (Å²) in [5.41, 5.74) is 11.7. The molecule has 0 aliphatic rings. The van der Waals surface area contributed by atoms with Gasteiger partial charge in [0, 0.05) is 12.2 Å². The molecule has 0 amide bonds. The van der Waals surface area contributed by atoms with Gasteiger partial charge < -0.3 is 16.2 Å². The molecule has 4 N–H and O–H groups in total. The number of benzene rings is 1. The summed E-state index contributed by atoms with van der Waals surface area (Å²) in [4.78, 5) is 11.2. The Bertz CT molecular complexity index is 291. The molecule has 1 aromatic rings. The van der Waals surface area contributed by atoms with Gasteiger partial charge in [-0.15, -0.1) is 24.8 Å². The van der Waals surface area contributed by atoms with Crippen molar-refractivity contribution in [2.75, 3.05) is 18.9 Å². The molecule has 1 aromatic carbocycles. The maximum atomic E-state index is 11.2. The van der Waals surface area contributed by atoms with Gasteiger partial charge in [-0.1, -0.05) is 0 Å². The number of hydrogen-bond acceptors (Lipinski definition) is 4. The van der Waals surface area contributed by atoms with Gasteiger partial charge in [0.1, 0.15) is 6.61 Å². The average molecular weight is 253 g/mol. The number of anilines is 1. The van der Waals surface area contributed by atoms with Crippen LogP contribution in [0.5, 0.6) is 0 Å². The Balaban J connectivity index is 0. The van der Waals surface area contributed by atoms with Gasteiger partial charge in [0.25, 0.3) is 0 Å². The number of rotatable bonds is 3. The third kappa shape index (κ3) is 5.47. The fourth-order valence-corrected chi connectivity index (χ4v) is 0.854. The number of ether oxygens (including phenoxy) is 1. The van der Waals surface area contributed by atoms with Gasteiger partial charge in [-0.3, -0.25) is 0 Å². The van der Waals surface area contributed by atoms with Crippen LogP contribution in [-0.2, 0) is 4.74 Å². The predicted molar refractivity (Wildman–Crippen MR) is 64.7 cm³/mol. The van der Waals surface area contributed by atoms with E-state index in [1.807, 2.05) is 0 Å². The summed E-state index contributed by atoms with van der Waals surface area (Å²) in [6.07, 6.45) is 0. The van der Waals surface area contributed by atoms with E-state index >= 15 is 0 Å². The Kier molecular flexibility index (Phi) is 9.16. The minimum Gasteiger partial charge on any atom is -0.461 e. The van der Waals surface area contributed by atoms with Crippen molar-refractivity contribution in [3.05, 3.63) is 29.8 Å². The molecule has 15 heavy (non-hydrogen) atoms. The van der Waals surface area contributed by atoms with Crippen LogP contribution in [0.15, 0.2) is 24.3 Å². The predicted octanol–water partition coefficient (Wildman–Crippen LogP) is 1.23. The Morgan fingerprint density at radius 3 is 2.20 bits per heavy atom. The summed E-state index contributed by atoms with van der Waals surface area (Å²) in [6, 6.07) is 6.54. The SMILES string of the molecule is Cl.Cl.NCCOC(=O)c1ccc(N)cc1. The van der Waals surface area contributed by atoms with E-state index in [1.165, 1.54) is 0 Å². The van der Waals surface area contributed by atoms with Crippen molar-refractivity contribution in [2.45, 2.75) is 0 Å². The number of carbonyl (C=O) groups is 1. The number of nitrogen functional groups attached to an aromatic ring is 1. The summed E-state index contributed by atoms with van der Waals surface area (Å²) in [5, 5.41) is 0. The van der Waals surface area contributed by atoms with E-state index in [2.05, 4.69) is 0 Å². The lowest BCUT2D eigenvalue weighted by atomic mass is 10.2. The van der Waals surface area contributed by atoms with Crippen molar-refractivity contribution in [1.82, 2.24) is 0 Å². The highest BCUT2D eigenvalue weighted by Gasteiger charge is 2.04. The van der Waals surface area contributed by atoms with Gasteiger partial charge in [-0.2, -0.15) is 0 Å². The van der Waals surface area contributed by atoms with Crippen LogP contribution < -0.4 is 11.5 Å². The van der Waals surface area contributed by atoms with Crippen LogP contribution >= 0.6 is 24.8 Å². The van der Waals surface area contributed by atoms with Crippen molar-refractivity contribution >= 4 is 36.5 Å². The number of hydrogen-bond donors (Lipinski definition) is 2.